The van der Waals surface area contributed by atoms with E-state index in [1.807, 2.05) is 13.8 Å². The van der Waals surface area contributed by atoms with Crippen molar-refractivity contribution in [3.63, 3.8) is 0 Å². The van der Waals surface area contributed by atoms with Crippen molar-refractivity contribution in [1.82, 2.24) is 5.32 Å². The molecule has 1 amide bonds. The number of hydrogen-bond acceptors (Lipinski definition) is 3. The van der Waals surface area contributed by atoms with Crippen LogP contribution in [0.2, 0.25) is 0 Å². The van der Waals surface area contributed by atoms with Crippen LogP contribution >= 0.6 is 0 Å². The molecule has 0 saturated heterocycles. The van der Waals surface area contributed by atoms with Crippen molar-refractivity contribution in [1.29, 1.82) is 0 Å². The monoisotopic (exact) mass is 265 g/mol. The molecule has 5 heteroatoms. The number of ether oxygens (including phenoxy) is 1. The predicted octanol–water partition coefficient (Wildman–Crippen LogP) is 2.13. The summed E-state index contributed by atoms with van der Waals surface area (Å²) in [5.41, 5.74) is 0.744. The third-order valence-corrected chi connectivity index (χ3v) is 2.41. The highest BCUT2D eigenvalue weighted by Crippen LogP contribution is 2.21. The molecule has 5 nitrogen and oxygen atoms in total. The summed E-state index contributed by atoms with van der Waals surface area (Å²) in [7, 11) is 0. The van der Waals surface area contributed by atoms with Crippen molar-refractivity contribution in [3.05, 3.63) is 29.8 Å². The lowest BCUT2D eigenvalue weighted by Crippen LogP contribution is -2.27. The van der Waals surface area contributed by atoms with Gasteiger partial charge in [0.05, 0.1) is 18.6 Å². The molecule has 0 aliphatic carbocycles. The van der Waals surface area contributed by atoms with E-state index in [-0.39, 0.29) is 18.4 Å². The zero-order chi connectivity index (χ0) is 14.4. The quantitative estimate of drug-likeness (QED) is 0.826. The van der Waals surface area contributed by atoms with Gasteiger partial charge in [-0.15, -0.1) is 0 Å². The fraction of sp³-hybridized carbons (Fsp3) is 0.429. The molecule has 0 bridgehead atoms. The number of hydrogen-bond donors (Lipinski definition) is 2. The first-order chi connectivity index (χ1) is 8.88. The van der Waals surface area contributed by atoms with Crippen molar-refractivity contribution in [2.24, 2.45) is 0 Å². The minimum atomic E-state index is -0.957. The van der Waals surface area contributed by atoms with Gasteiger partial charge >= 0.3 is 5.97 Å². The summed E-state index contributed by atoms with van der Waals surface area (Å²) >= 11 is 0. The van der Waals surface area contributed by atoms with Gasteiger partial charge < -0.3 is 15.2 Å². The smallest absolute Gasteiger partial charge is 0.305 e. The largest absolute Gasteiger partial charge is 0.491 e. The Balaban J connectivity index is 2.83. The molecule has 0 spiro atoms. The van der Waals surface area contributed by atoms with E-state index in [0.717, 1.165) is 11.3 Å². The van der Waals surface area contributed by atoms with Gasteiger partial charge in [0.1, 0.15) is 5.75 Å². The van der Waals surface area contributed by atoms with Gasteiger partial charge in [0.2, 0.25) is 5.91 Å². The van der Waals surface area contributed by atoms with Crippen molar-refractivity contribution in [3.8, 4) is 5.75 Å². The van der Waals surface area contributed by atoms with Crippen LogP contribution in [0.25, 0.3) is 0 Å². The summed E-state index contributed by atoms with van der Waals surface area (Å²) in [6.07, 6.45) is -0.0692. The van der Waals surface area contributed by atoms with Crippen molar-refractivity contribution in [2.75, 3.05) is 0 Å². The number of carbonyl (C=O) groups excluding carboxylic acids is 1. The number of carboxylic acid groups (broad SMARTS) is 1. The van der Waals surface area contributed by atoms with Crippen LogP contribution in [0.3, 0.4) is 0 Å². The zero-order valence-electron chi connectivity index (χ0n) is 11.3. The van der Waals surface area contributed by atoms with Crippen LogP contribution < -0.4 is 10.1 Å². The van der Waals surface area contributed by atoms with E-state index in [0.29, 0.717) is 0 Å². The molecule has 0 saturated carbocycles. The van der Waals surface area contributed by atoms with Gasteiger partial charge in [0.25, 0.3) is 0 Å². The molecule has 0 fully saturated rings. The summed E-state index contributed by atoms with van der Waals surface area (Å²) in [6.45, 7) is 5.22. The van der Waals surface area contributed by atoms with Crippen molar-refractivity contribution < 1.29 is 19.4 Å². The Morgan fingerprint density at radius 2 is 1.84 bits per heavy atom. The third-order valence-electron chi connectivity index (χ3n) is 2.41. The van der Waals surface area contributed by atoms with Crippen LogP contribution in [0.15, 0.2) is 24.3 Å². The average molecular weight is 265 g/mol. The maximum atomic E-state index is 11.1. The molecule has 0 aliphatic heterocycles. The van der Waals surface area contributed by atoms with Gasteiger partial charge in [-0.05, 0) is 31.5 Å². The second kappa shape index (κ2) is 6.78. The van der Waals surface area contributed by atoms with Crippen LogP contribution in [0.1, 0.15) is 38.8 Å². The van der Waals surface area contributed by atoms with Gasteiger partial charge in [-0.1, -0.05) is 12.1 Å². The van der Waals surface area contributed by atoms with Crippen LogP contribution in [-0.4, -0.2) is 23.1 Å². The molecular weight excluding hydrogens is 246 g/mol. The molecule has 0 aliphatic rings. The number of amides is 1. The van der Waals surface area contributed by atoms with E-state index in [4.69, 9.17) is 9.84 Å². The lowest BCUT2D eigenvalue weighted by atomic mass is 10.0. The first kappa shape index (κ1) is 15.0. The normalized spacial score (nSPS) is 12.0. The lowest BCUT2D eigenvalue weighted by molar-refractivity contribution is -0.137. The molecule has 0 heterocycles. The van der Waals surface area contributed by atoms with Crippen molar-refractivity contribution in [2.45, 2.75) is 39.3 Å². The predicted molar refractivity (Wildman–Crippen MR) is 71.0 cm³/mol. The topological polar surface area (TPSA) is 75.6 Å². The number of carboxylic acids is 1. The molecule has 19 heavy (non-hydrogen) atoms. The molecule has 0 radical (unpaired) electrons. The molecular formula is C14H19NO4. The van der Waals surface area contributed by atoms with Crippen LogP contribution in [0.5, 0.6) is 5.75 Å². The fourth-order valence-electron chi connectivity index (χ4n) is 1.72. The minimum absolute atomic E-state index is 0.0796. The molecule has 1 aromatic rings. The van der Waals surface area contributed by atoms with Crippen molar-refractivity contribution >= 4 is 11.9 Å². The lowest BCUT2D eigenvalue weighted by Gasteiger charge is -2.17. The fourth-order valence-corrected chi connectivity index (χ4v) is 1.72. The van der Waals surface area contributed by atoms with Gasteiger partial charge in [-0.25, -0.2) is 0 Å². The summed E-state index contributed by atoms with van der Waals surface area (Å²) in [4.78, 5) is 21.9. The second-order valence-corrected chi connectivity index (χ2v) is 4.59. The van der Waals surface area contributed by atoms with E-state index in [1.54, 1.807) is 24.3 Å². The molecule has 2 N–H and O–H groups in total. The van der Waals surface area contributed by atoms with Gasteiger partial charge in [0.15, 0.2) is 0 Å². The van der Waals surface area contributed by atoms with E-state index in [2.05, 4.69) is 5.32 Å². The SMILES string of the molecule is CC(=O)NC(CC(=O)O)c1ccc(OC(C)C)cc1. The van der Waals surface area contributed by atoms with Crippen LogP contribution in [0, 0.1) is 0 Å². The molecule has 0 aromatic heterocycles. The summed E-state index contributed by atoms with van der Waals surface area (Å²) in [5.74, 6) is -0.495. The number of nitrogens with one attached hydrogen (secondary N) is 1. The van der Waals surface area contributed by atoms with Crippen LogP contribution in [0.4, 0.5) is 0 Å². The van der Waals surface area contributed by atoms with E-state index >= 15 is 0 Å². The number of benzene rings is 1. The Morgan fingerprint density at radius 1 is 1.26 bits per heavy atom. The number of aliphatic carboxylic acids is 1. The highest BCUT2D eigenvalue weighted by Gasteiger charge is 2.16. The Bertz CT molecular complexity index is 423. The summed E-state index contributed by atoms with van der Waals surface area (Å²) in [6, 6.07) is 6.55. The number of rotatable bonds is 6. The third kappa shape index (κ3) is 5.42. The Morgan fingerprint density at radius 3 is 2.26 bits per heavy atom. The second-order valence-electron chi connectivity index (χ2n) is 4.59. The van der Waals surface area contributed by atoms with Gasteiger partial charge in [-0.2, -0.15) is 0 Å². The first-order valence-electron chi connectivity index (χ1n) is 6.14. The maximum absolute atomic E-state index is 11.1. The summed E-state index contributed by atoms with van der Waals surface area (Å²) < 4.78 is 5.51. The highest BCUT2D eigenvalue weighted by atomic mass is 16.5. The number of carbonyl (C=O) groups is 2. The molecule has 104 valence electrons. The molecule has 1 atom stereocenters. The first-order valence-corrected chi connectivity index (χ1v) is 6.14. The van der Waals surface area contributed by atoms with E-state index < -0.39 is 12.0 Å². The average Bonchev–Trinajstić information content (AvgIpc) is 2.27. The van der Waals surface area contributed by atoms with Crippen LogP contribution in [-0.2, 0) is 9.59 Å². The molecule has 1 aromatic carbocycles. The van der Waals surface area contributed by atoms with Gasteiger partial charge in [0, 0.05) is 6.92 Å². The molecule has 1 unspecified atom stereocenters. The van der Waals surface area contributed by atoms with Gasteiger partial charge in [-0.3, -0.25) is 9.59 Å². The summed E-state index contributed by atoms with van der Waals surface area (Å²) in [5, 5.41) is 11.5. The Labute approximate surface area is 112 Å². The standard InChI is InChI=1S/C14H19NO4/c1-9(2)19-12-6-4-11(5-7-12)13(8-14(17)18)15-10(3)16/h4-7,9,13H,8H2,1-3H3,(H,15,16)(H,17,18). The highest BCUT2D eigenvalue weighted by molar-refractivity contribution is 5.75. The van der Waals surface area contributed by atoms with E-state index in [9.17, 15) is 9.59 Å². The Hall–Kier alpha value is -2.04. The zero-order valence-corrected chi connectivity index (χ0v) is 11.3. The Kier molecular flexibility index (Phi) is 5.36. The van der Waals surface area contributed by atoms with E-state index in [1.165, 1.54) is 6.92 Å². The minimum Gasteiger partial charge on any atom is -0.491 e. The maximum Gasteiger partial charge on any atom is 0.305 e. The molecule has 1 rings (SSSR count).